The molecule has 0 unspecified atom stereocenters. The van der Waals surface area contributed by atoms with E-state index in [1.807, 2.05) is 25.1 Å². The molecule has 4 heteroatoms. The van der Waals surface area contributed by atoms with Gasteiger partial charge in [0.2, 0.25) is 0 Å². The molecule has 4 nitrogen and oxygen atoms in total. The summed E-state index contributed by atoms with van der Waals surface area (Å²) in [6.07, 6.45) is 7.88. The standard InChI is InChI=1S/C20H27N3O/c1-14-6-7-18-17(12-14)20(24)22-19(21-18)16-8-10-23(11-9-16)13-15-4-2-3-5-15/h6-7,12,15-16H,2-5,8-11,13H2,1H3,(H,21,22,24). The Morgan fingerprint density at radius 2 is 1.92 bits per heavy atom. The fourth-order valence-electron chi connectivity index (χ4n) is 4.41. The zero-order valence-corrected chi connectivity index (χ0v) is 14.6. The molecule has 2 aliphatic rings. The summed E-state index contributed by atoms with van der Waals surface area (Å²) in [7, 11) is 0. The van der Waals surface area contributed by atoms with Crippen molar-refractivity contribution in [1.82, 2.24) is 14.9 Å². The summed E-state index contributed by atoms with van der Waals surface area (Å²) in [5.74, 6) is 2.20. The Labute approximate surface area is 143 Å². The normalized spacial score (nSPS) is 20.9. The number of hydrogen-bond acceptors (Lipinski definition) is 3. The van der Waals surface area contributed by atoms with Gasteiger partial charge in [0.1, 0.15) is 5.82 Å². The second kappa shape index (κ2) is 6.67. The number of likely N-dealkylation sites (tertiary alicyclic amines) is 1. The van der Waals surface area contributed by atoms with Crippen LogP contribution in [0.1, 0.15) is 55.8 Å². The molecule has 24 heavy (non-hydrogen) atoms. The van der Waals surface area contributed by atoms with Gasteiger partial charge < -0.3 is 9.88 Å². The van der Waals surface area contributed by atoms with Gasteiger partial charge in [-0.05, 0) is 63.7 Å². The highest BCUT2D eigenvalue weighted by atomic mass is 16.1. The summed E-state index contributed by atoms with van der Waals surface area (Å²) < 4.78 is 0. The first-order valence-electron chi connectivity index (χ1n) is 9.42. The van der Waals surface area contributed by atoms with Crippen molar-refractivity contribution in [3.05, 3.63) is 39.9 Å². The number of benzene rings is 1. The SMILES string of the molecule is Cc1ccc2nc(C3CCN(CC4CCCC4)CC3)[nH]c(=O)c2c1. The lowest BCUT2D eigenvalue weighted by molar-refractivity contribution is 0.181. The van der Waals surface area contributed by atoms with Gasteiger partial charge in [0.05, 0.1) is 10.9 Å². The highest BCUT2D eigenvalue weighted by Gasteiger charge is 2.25. The third-order valence-corrected chi connectivity index (χ3v) is 5.84. The molecule has 1 N–H and O–H groups in total. The lowest BCUT2D eigenvalue weighted by Crippen LogP contribution is -2.36. The number of nitrogens with one attached hydrogen (secondary N) is 1. The zero-order valence-electron chi connectivity index (χ0n) is 14.6. The summed E-state index contributed by atoms with van der Waals surface area (Å²) in [5.41, 5.74) is 1.93. The van der Waals surface area contributed by atoms with Gasteiger partial charge in [-0.15, -0.1) is 0 Å². The molecule has 0 radical (unpaired) electrons. The number of fused-ring (bicyclic) bond motifs is 1. The zero-order chi connectivity index (χ0) is 16.5. The number of rotatable bonds is 3. The van der Waals surface area contributed by atoms with Crippen molar-refractivity contribution in [2.24, 2.45) is 5.92 Å². The van der Waals surface area contributed by atoms with Crippen LogP contribution in [0.5, 0.6) is 0 Å². The quantitative estimate of drug-likeness (QED) is 0.938. The molecule has 0 spiro atoms. The molecular weight excluding hydrogens is 298 g/mol. The first kappa shape index (κ1) is 15.8. The van der Waals surface area contributed by atoms with Crippen molar-refractivity contribution in [2.45, 2.75) is 51.4 Å². The largest absolute Gasteiger partial charge is 0.310 e. The predicted molar refractivity (Wildman–Crippen MR) is 97.5 cm³/mol. The number of aryl methyl sites for hydroxylation is 1. The minimum Gasteiger partial charge on any atom is -0.310 e. The number of hydrogen-bond donors (Lipinski definition) is 1. The fraction of sp³-hybridized carbons (Fsp3) is 0.600. The maximum absolute atomic E-state index is 12.4. The predicted octanol–water partition coefficient (Wildman–Crippen LogP) is 3.60. The van der Waals surface area contributed by atoms with E-state index >= 15 is 0 Å². The summed E-state index contributed by atoms with van der Waals surface area (Å²) in [6, 6.07) is 5.93. The van der Waals surface area contributed by atoms with E-state index in [1.54, 1.807) is 0 Å². The van der Waals surface area contributed by atoms with Gasteiger partial charge in [-0.1, -0.05) is 24.5 Å². The Bertz CT molecular complexity index is 768. The van der Waals surface area contributed by atoms with Gasteiger partial charge in [-0.2, -0.15) is 0 Å². The second-order valence-corrected chi connectivity index (χ2v) is 7.70. The van der Waals surface area contributed by atoms with E-state index in [0.29, 0.717) is 11.3 Å². The van der Waals surface area contributed by atoms with Crippen LogP contribution in [0.25, 0.3) is 10.9 Å². The van der Waals surface area contributed by atoms with E-state index in [0.717, 1.165) is 48.8 Å². The minimum atomic E-state index is 0.00656. The Morgan fingerprint density at radius 3 is 2.67 bits per heavy atom. The molecule has 2 aromatic rings. The first-order valence-corrected chi connectivity index (χ1v) is 9.42. The highest BCUT2D eigenvalue weighted by molar-refractivity contribution is 5.78. The Balaban J connectivity index is 1.46. The van der Waals surface area contributed by atoms with E-state index in [9.17, 15) is 4.79 Å². The smallest absolute Gasteiger partial charge is 0.258 e. The van der Waals surface area contributed by atoms with Crippen LogP contribution in [0.2, 0.25) is 0 Å². The maximum atomic E-state index is 12.4. The molecule has 1 aromatic heterocycles. The molecule has 1 saturated heterocycles. The second-order valence-electron chi connectivity index (χ2n) is 7.70. The van der Waals surface area contributed by atoms with E-state index < -0.39 is 0 Å². The minimum absolute atomic E-state index is 0.00656. The third-order valence-electron chi connectivity index (χ3n) is 5.84. The number of piperidine rings is 1. The van der Waals surface area contributed by atoms with Crippen molar-refractivity contribution >= 4 is 10.9 Å². The van der Waals surface area contributed by atoms with Crippen molar-refractivity contribution < 1.29 is 0 Å². The molecule has 0 bridgehead atoms. The molecule has 1 aliphatic carbocycles. The Morgan fingerprint density at radius 1 is 1.17 bits per heavy atom. The van der Waals surface area contributed by atoms with Crippen LogP contribution >= 0.6 is 0 Å². The average molecular weight is 325 g/mol. The molecule has 1 aliphatic heterocycles. The van der Waals surface area contributed by atoms with Crippen LogP contribution < -0.4 is 5.56 Å². The fourth-order valence-corrected chi connectivity index (χ4v) is 4.41. The van der Waals surface area contributed by atoms with Gasteiger partial charge in [0.25, 0.3) is 5.56 Å². The Hall–Kier alpha value is -1.68. The molecule has 2 heterocycles. The van der Waals surface area contributed by atoms with E-state index in [-0.39, 0.29) is 5.56 Å². The molecule has 0 amide bonds. The highest BCUT2D eigenvalue weighted by Crippen LogP contribution is 2.30. The number of aromatic amines is 1. The summed E-state index contributed by atoms with van der Waals surface area (Å²) in [4.78, 5) is 22.8. The van der Waals surface area contributed by atoms with Crippen LogP contribution in [0, 0.1) is 12.8 Å². The first-order chi connectivity index (χ1) is 11.7. The topological polar surface area (TPSA) is 49.0 Å². The summed E-state index contributed by atoms with van der Waals surface area (Å²) in [6.45, 7) is 5.55. The van der Waals surface area contributed by atoms with E-state index in [1.165, 1.54) is 32.2 Å². The Kier molecular flexibility index (Phi) is 4.40. The molecule has 1 aromatic carbocycles. The average Bonchev–Trinajstić information content (AvgIpc) is 3.09. The van der Waals surface area contributed by atoms with Crippen LogP contribution in [-0.2, 0) is 0 Å². The van der Waals surface area contributed by atoms with E-state index in [2.05, 4.69) is 9.88 Å². The van der Waals surface area contributed by atoms with Gasteiger partial charge in [-0.25, -0.2) is 4.98 Å². The van der Waals surface area contributed by atoms with Crippen LogP contribution in [0.3, 0.4) is 0 Å². The van der Waals surface area contributed by atoms with Crippen molar-refractivity contribution in [1.29, 1.82) is 0 Å². The van der Waals surface area contributed by atoms with Crippen LogP contribution in [0.15, 0.2) is 23.0 Å². The third kappa shape index (κ3) is 3.25. The molecule has 0 atom stereocenters. The lowest BCUT2D eigenvalue weighted by atomic mass is 9.94. The molecule has 4 rings (SSSR count). The van der Waals surface area contributed by atoms with Crippen molar-refractivity contribution in [3.8, 4) is 0 Å². The van der Waals surface area contributed by atoms with Crippen molar-refractivity contribution in [3.63, 3.8) is 0 Å². The number of aromatic nitrogens is 2. The molecule has 1 saturated carbocycles. The van der Waals surface area contributed by atoms with E-state index in [4.69, 9.17) is 4.98 Å². The maximum Gasteiger partial charge on any atom is 0.258 e. The molecule has 2 fully saturated rings. The van der Waals surface area contributed by atoms with Crippen LogP contribution in [-0.4, -0.2) is 34.5 Å². The van der Waals surface area contributed by atoms with Crippen LogP contribution in [0.4, 0.5) is 0 Å². The molecular formula is C20H27N3O. The number of H-pyrrole nitrogens is 1. The molecule has 128 valence electrons. The summed E-state index contributed by atoms with van der Waals surface area (Å²) in [5, 5.41) is 0.706. The van der Waals surface area contributed by atoms with Crippen molar-refractivity contribution in [2.75, 3.05) is 19.6 Å². The van der Waals surface area contributed by atoms with Gasteiger partial charge >= 0.3 is 0 Å². The van der Waals surface area contributed by atoms with Gasteiger partial charge in [-0.3, -0.25) is 4.79 Å². The lowest BCUT2D eigenvalue weighted by Gasteiger charge is -2.33. The van der Waals surface area contributed by atoms with Gasteiger partial charge in [0.15, 0.2) is 0 Å². The monoisotopic (exact) mass is 325 g/mol. The van der Waals surface area contributed by atoms with Gasteiger partial charge in [0, 0.05) is 12.5 Å². The number of nitrogens with zero attached hydrogens (tertiary/aromatic N) is 2. The summed E-state index contributed by atoms with van der Waals surface area (Å²) >= 11 is 0.